The number of hydrogen-bond acceptors (Lipinski definition) is 4. The molecule has 5 heteroatoms. The van der Waals surface area contributed by atoms with Crippen molar-refractivity contribution in [2.45, 2.75) is 51.6 Å². The van der Waals surface area contributed by atoms with Crippen LogP contribution in [0.3, 0.4) is 0 Å². The van der Waals surface area contributed by atoms with Crippen molar-refractivity contribution in [2.75, 3.05) is 7.11 Å². The zero-order valence-corrected chi connectivity index (χ0v) is 11.8. The summed E-state index contributed by atoms with van der Waals surface area (Å²) in [6.45, 7) is 3.99. The topological polar surface area (TPSA) is 75.2 Å². The van der Waals surface area contributed by atoms with Crippen LogP contribution in [-0.4, -0.2) is 22.2 Å². The average Bonchev–Trinajstić information content (AvgIpc) is 2.38. The van der Waals surface area contributed by atoms with Gasteiger partial charge in [-0.3, -0.25) is 4.79 Å². The first kappa shape index (κ1) is 14.1. The summed E-state index contributed by atoms with van der Waals surface area (Å²) in [4.78, 5) is 18.9. The highest BCUT2D eigenvalue weighted by Gasteiger charge is 2.39. The van der Waals surface area contributed by atoms with Crippen molar-refractivity contribution in [1.82, 2.24) is 9.97 Å². The Kier molecular flexibility index (Phi) is 3.94. The maximum Gasteiger partial charge on any atom is 0.258 e. The molecule has 1 aromatic rings. The minimum atomic E-state index is -0.569. The molecule has 0 radical (unpaired) electrons. The van der Waals surface area contributed by atoms with Crippen LogP contribution in [0, 0.1) is 5.92 Å². The largest absolute Gasteiger partial charge is 0.493 e. The van der Waals surface area contributed by atoms with Crippen molar-refractivity contribution < 1.29 is 9.84 Å². The standard InChI is InChI=1S/C14H22N2O3/c1-4-10-11(17)15-13(16-12(10)18)14(19-3)7-5-6-9(2)8-14/h9H,4-8H2,1-3H3,(H2,15,16,17,18). The Morgan fingerprint density at radius 3 is 2.84 bits per heavy atom. The van der Waals surface area contributed by atoms with Gasteiger partial charge in [-0.05, 0) is 31.6 Å². The zero-order valence-electron chi connectivity index (χ0n) is 11.8. The number of aromatic nitrogens is 2. The number of aromatic hydroxyl groups is 1. The van der Waals surface area contributed by atoms with Gasteiger partial charge in [0.1, 0.15) is 11.4 Å². The van der Waals surface area contributed by atoms with Crippen LogP contribution < -0.4 is 5.56 Å². The van der Waals surface area contributed by atoms with E-state index in [1.54, 1.807) is 7.11 Å². The van der Waals surface area contributed by atoms with E-state index in [4.69, 9.17) is 4.74 Å². The number of rotatable bonds is 3. The van der Waals surface area contributed by atoms with E-state index in [0.29, 0.717) is 23.7 Å². The predicted molar refractivity (Wildman–Crippen MR) is 72.2 cm³/mol. The number of methoxy groups -OCH3 is 1. The van der Waals surface area contributed by atoms with Crippen molar-refractivity contribution in [3.63, 3.8) is 0 Å². The third-order valence-corrected chi connectivity index (χ3v) is 4.13. The molecule has 5 nitrogen and oxygen atoms in total. The molecule has 2 atom stereocenters. The summed E-state index contributed by atoms with van der Waals surface area (Å²) in [6, 6.07) is 0. The second-order valence-electron chi connectivity index (χ2n) is 5.47. The second-order valence-corrected chi connectivity index (χ2v) is 5.47. The summed E-state index contributed by atoms with van der Waals surface area (Å²) in [6.07, 6.45) is 4.30. The van der Waals surface area contributed by atoms with E-state index in [1.807, 2.05) is 6.92 Å². The lowest BCUT2D eigenvalue weighted by Crippen LogP contribution is -2.37. The molecule has 1 aliphatic rings. The number of hydrogen-bond donors (Lipinski definition) is 2. The maximum atomic E-state index is 12.0. The molecule has 0 aliphatic heterocycles. The fourth-order valence-corrected chi connectivity index (χ4v) is 3.02. The smallest absolute Gasteiger partial charge is 0.258 e. The van der Waals surface area contributed by atoms with Crippen LogP contribution in [0.5, 0.6) is 5.88 Å². The summed E-state index contributed by atoms with van der Waals surface area (Å²) < 4.78 is 5.67. The van der Waals surface area contributed by atoms with Gasteiger partial charge in [-0.1, -0.05) is 20.3 Å². The molecule has 1 saturated carbocycles. The fourth-order valence-electron chi connectivity index (χ4n) is 3.02. The quantitative estimate of drug-likeness (QED) is 0.878. The highest BCUT2D eigenvalue weighted by atomic mass is 16.5. The number of nitrogens with one attached hydrogen (secondary N) is 1. The van der Waals surface area contributed by atoms with Crippen LogP contribution in [0.2, 0.25) is 0 Å². The Bertz CT molecular complexity index is 512. The third-order valence-electron chi connectivity index (χ3n) is 4.13. The molecule has 1 aliphatic carbocycles. The second kappa shape index (κ2) is 5.33. The SMILES string of the molecule is CCc1c(O)nc(C2(OC)CCCC(C)C2)[nH]c1=O. The Morgan fingerprint density at radius 1 is 1.58 bits per heavy atom. The first-order chi connectivity index (χ1) is 9.02. The van der Waals surface area contributed by atoms with Crippen molar-refractivity contribution in [3.8, 4) is 5.88 Å². The van der Waals surface area contributed by atoms with Crippen molar-refractivity contribution in [2.24, 2.45) is 5.92 Å². The van der Waals surface area contributed by atoms with E-state index in [9.17, 15) is 9.90 Å². The molecule has 0 saturated heterocycles. The number of ether oxygens (including phenoxy) is 1. The molecule has 2 unspecified atom stereocenters. The van der Waals surface area contributed by atoms with Gasteiger partial charge < -0.3 is 14.8 Å². The predicted octanol–water partition coefficient (Wildman–Crippen LogP) is 2.09. The first-order valence-electron chi connectivity index (χ1n) is 6.90. The maximum absolute atomic E-state index is 12.0. The van der Waals surface area contributed by atoms with Gasteiger partial charge in [0.2, 0.25) is 5.88 Å². The summed E-state index contributed by atoms with van der Waals surface area (Å²) in [5.41, 5.74) is -0.501. The minimum absolute atomic E-state index is 0.170. The molecule has 1 aromatic heterocycles. The molecule has 1 fully saturated rings. The zero-order chi connectivity index (χ0) is 14.0. The van der Waals surface area contributed by atoms with Crippen molar-refractivity contribution in [3.05, 3.63) is 21.7 Å². The normalized spacial score (nSPS) is 27.4. The molecule has 1 heterocycles. The van der Waals surface area contributed by atoms with Gasteiger partial charge in [0, 0.05) is 7.11 Å². The molecule has 0 spiro atoms. The molecule has 0 amide bonds. The molecular weight excluding hydrogens is 244 g/mol. The van der Waals surface area contributed by atoms with E-state index in [1.165, 1.54) is 0 Å². The number of aromatic amines is 1. The van der Waals surface area contributed by atoms with Crippen LogP contribution in [0.1, 0.15) is 50.9 Å². The first-order valence-corrected chi connectivity index (χ1v) is 6.90. The highest BCUT2D eigenvalue weighted by molar-refractivity contribution is 5.24. The van der Waals surface area contributed by atoms with Crippen LogP contribution >= 0.6 is 0 Å². The van der Waals surface area contributed by atoms with Gasteiger partial charge in [0.15, 0.2) is 0 Å². The van der Waals surface area contributed by atoms with E-state index >= 15 is 0 Å². The fraction of sp³-hybridized carbons (Fsp3) is 0.714. The Morgan fingerprint density at radius 2 is 2.32 bits per heavy atom. The van der Waals surface area contributed by atoms with Crippen LogP contribution in [0.15, 0.2) is 4.79 Å². The molecule has 0 bridgehead atoms. The van der Waals surface area contributed by atoms with E-state index < -0.39 is 5.60 Å². The summed E-state index contributed by atoms with van der Waals surface area (Å²) in [7, 11) is 1.64. The van der Waals surface area contributed by atoms with Crippen LogP contribution in [0.4, 0.5) is 0 Å². The van der Waals surface area contributed by atoms with Crippen LogP contribution in [0.25, 0.3) is 0 Å². The number of nitrogens with zero attached hydrogens (tertiary/aromatic N) is 1. The molecule has 2 rings (SSSR count). The van der Waals surface area contributed by atoms with Gasteiger partial charge >= 0.3 is 0 Å². The van der Waals surface area contributed by atoms with Gasteiger partial charge in [0.05, 0.1) is 5.56 Å². The molecule has 0 aromatic carbocycles. The Hall–Kier alpha value is -1.36. The Balaban J connectivity index is 2.47. The number of H-pyrrole nitrogens is 1. The highest BCUT2D eigenvalue weighted by Crippen LogP contribution is 2.41. The summed E-state index contributed by atoms with van der Waals surface area (Å²) in [5.74, 6) is 0.809. The lowest BCUT2D eigenvalue weighted by Gasteiger charge is -2.37. The van der Waals surface area contributed by atoms with Gasteiger partial charge in [-0.2, -0.15) is 4.98 Å². The minimum Gasteiger partial charge on any atom is -0.493 e. The lowest BCUT2D eigenvalue weighted by molar-refractivity contribution is -0.0651. The van der Waals surface area contributed by atoms with Gasteiger partial charge in [0.25, 0.3) is 5.56 Å². The Labute approximate surface area is 113 Å². The molecule has 2 N–H and O–H groups in total. The average molecular weight is 266 g/mol. The van der Waals surface area contributed by atoms with E-state index in [2.05, 4.69) is 16.9 Å². The van der Waals surface area contributed by atoms with E-state index in [0.717, 1.165) is 25.7 Å². The summed E-state index contributed by atoms with van der Waals surface area (Å²) >= 11 is 0. The van der Waals surface area contributed by atoms with Crippen molar-refractivity contribution >= 4 is 0 Å². The van der Waals surface area contributed by atoms with Gasteiger partial charge in [-0.25, -0.2) is 0 Å². The summed E-state index contributed by atoms with van der Waals surface area (Å²) in [5, 5.41) is 9.89. The molecule has 19 heavy (non-hydrogen) atoms. The monoisotopic (exact) mass is 266 g/mol. The van der Waals surface area contributed by atoms with E-state index in [-0.39, 0.29) is 11.4 Å². The van der Waals surface area contributed by atoms with Crippen LogP contribution in [-0.2, 0) is 16.8 Å². The van der Waals surface area contributed by atoms with Gasteiger partial charge in [-0.15, -0.1) is 0 Å². The molecular formula is C14H22N2O3. The van der Waals surface area contributed by atoms with Crippen molar-refractivity contribution in [1.29, 1.82) is 0 Å². The lowest BCUT2D eigenvalue weighted by atomic mass is 9.78. The third kappa shape index (κ3) is 2.52. The molecule has 106 valence electrons.